The Morgan fingerprint density at radius 2 is 1.88 bits per heavy atom. The van der Waals surface area contributed by atoms with Crippen LogP contribution >= 0.6 is 0 Å². The molecule has 10 nitrogen and oxygen atoms in total. The van der Waals surface area contributed by atoms with Crippen molar-refractivity contribution in [2.75, 3.05) is 25.1 Å². The minimum atomic E-state index is -1.02. The van der Waals surface area contributed by atoms with Gasteiger partial charge in [0.05, 0.1) is 31.6 Å². The summed E-state index contributed by atoms with van der Waals surface area (Å²) in [6.45, 7) is 1.68. The van der Waals surface area contributed by atoms with Crippen LogP contribution in [0.5, 0.6) is 0 Å². The van der Waals surface area contributed by atoms with Gasteiger partial charge in [0.25, 0.3) is 11.5 Å². The van der Waals surface area contributed by atoms with Crippen molar-refractivity contribution in [3.05, 3.63) is 82.1 Å². The number of amides is 2. The molecule has 3 rings (SSSR count). The van der Waals surface area contributed by atoms with Gasteiger partial charge >= 0.3 is 6.09 Å². The Balaban J connectivity index is 1.73. The number of aliphatic hydroxyl groups is 2. The summed E-state index contributed by atoms with van der Waals surface area (Å²) < 4.78 is 6.19. The molecule has 0 bridgehead atoms. The fourth-order valence-corrected chi connectivity index (χ4v) is 3.09. The minimum Gasteiger partial charge on any atom is -0.450 e. The summed E-state index contributed by atoms with van der Waals surface area (Å²) in [5.41, 5.74) is 2.65. The van der Waals surface area contributed by atoms with E-state index in [1.807, 2.05) is 6.07 Å². The predicted molar refractivity (Wildman–Crippen MR) is 126 cm³/mol. The van der Waals surface area contributed by atoms with E-state index in [0.717, 1.165) is 5.56 Å². The van der Waals surface area contributed by atoms with E-state index in [-0.39, 0.29) is 31.2 Å². The zero-order chi connectivity index (χ0) is 24.5. The first-order valence-electron chi connectivity index (χ1n) is 10.7. The number of aliphatic hydroxyl groups excluding tert-OH is 2. The van der Waals surface area contributed by atoms with Crippen LogP contribution in [0.1, 0.15) is 22.8 Å². The summed E-state index contributed by atoms with van der Waals surface area (Å²) in [4.78, 5) is 36.2. The number of hydrogen-bond acceptors (Lipinski definition) is 7. The molecule has 178 valence electrons. The third-order valence-corrected chi connectivity index (χ3v) is 4.80. The lowest BCUT2D eigenvalue weighted by Gasteiger charge is -2.11. The molecule has 0 spiro atoms. The van der Waals surface area contributed by atoms with Crippen LogP contribution in [0.4, 0.5) is 10.5 Å². The molecule has 2 amide bonds. The Bertz CT molecular complexity index is 1190. The van der Waals surface area contributed by atoms with Gasteiger partial charge in [0, 0.05) is 29.4 Å². The van der Waals surface area contributed by atoms with Crippen LogP contribution in [0.15, 0.2) is 65.5 Å². The van der Waals surface area contributed by atoms with Crippen LogP contribution in [-0.4, -0.2) is 57.9 Å². The first-order chi connectivity index (χ1) is 16.4. The number of nitrogens with zero attached hydrogens (tertiary/aromatic N) is 2. The molecule has 34 heavy (non-hydrogen) atoms. The molecule has 4 N–H and O–H groups in total. The zero-order valence-electron chi connectivity index (χ0n) is 18.6. The Hall–Kier alpha value is -4.02. The second-order valence-electron chi connectivity index (χ2n) is 7.38. The van der Waals surface area contributed by atoms with Crippen molar-refractivity contribution in [1.82, 2.24) is 15.1 Å². The van der Waals surface area contributed by atoms with E-state index < -0.39 is 18.8 Å². The molecule has 1 heterocycles. The van der Waals surface area contributed by atoms with Gasteiger partial charge in [-0.1, -0.05) is 24.3 Å². The fourth-order valence-electron chi connectivity index (χ4n) is 3.09. The lowest BCUT2D eigenvalue weighted by molar-refractivity contribution is 0.0802. The maximum absolute atomic E-state index is 12.4. The molecule has 0 aliphatic heterocycles. The van der Waals surface area contributed by atoms with Crippen LogP contribution in [0.2, 0.25) is 0 Å². The normalized spacial score (nSPS) is 11.5. The van der Waals surface area contributed by atoms with Gasteiger partial charge in [-0.2, -0.15) is 5.10 Å². The molecular formula is C24H26N4O6. The summed E-state index contributed by atoms with van der Waals surface area (Å²) in [6.07, 6.45) is -1.58. The lowest BCUT2D eigenvalue weighted by atomic mass is 10.1. The molecule has 0 aliphatic carbocycles. The van der Waals surface area contributed by atoms with Crippen LogP contribution in [-0.2, 0) is 11.3 Å². The predicted octanol–water partition coefficient (Wildman–Crippen LogP) is 1.61. The third kappa shape index (κ3) is 6.74. The molecular weight excluding hydrogens is 440 g/mol. The van der Waals surface area contributed by atoms with Gasteiger partial charge in [0.2, 0.25) is 0 Å². The van der Waals surface area contributed by atoms with Gasteiger partial charge in [-0.05, 0) is 42.8 Å². The molecule has 10 heteroatoms. The highest BCUT2D eigenvalue weighted by molar-refractivity contribution is 5.94. The maximum atomic E-state index is 12.4. The molecule has 1 atom stereocenters. The van der Waals surface area contributed by atoms with Gasteiger partial charge in [0.15, 0.2) is 0 Å². The lowest BCUT2D eigenvalue weighted by Crippen LogP contribution is -2.33. The molecule has 1 aromatic heterocycles. The van der Waals surface area contributed by atoms with E-state index in [1.54, 1.807) is 55.5 Å². The largest absolute Gasteiger partial charge is 0.450 e. The van der Waals surface area contributed by atoms with Crippen molar-refractivity contribution in [2.45, 2.75) is 19.6 Å². The van der Waals surface area contributed by atoms with E-state index in [9.17, 15) is 19.5 Å². The van der Waals surface area contributed by atoms with Crippen LogP contribution in [0.3, 0.4) is 0 Å². The van der Waals surface area contributed by atoms with E-state index >= 15 is 0 Å². The second-order valence-corrected chi connectivity index (χ2v) is 7.38. The van der Waals surface area contributed by atoms with Crippen LogP contribution in [0, 0.1) is 0 Å². The summed E-state index contributed by atoms with van der Waals surface area (Å²) in [7, 11) is 0. The SMILES string of the molecule is CCOC(=O)Nc1cccc(Cn2nc(-c3ccc(C(=O)NCC(O)CO)cc3)ccc2=O)c1. The second kappa shape index (κ2) is 11.7. The number of rotatable bonds is 9. The van der Waals surface area contributed by atoms with Crippen molar-refractivity contribution in [3.8, 4) is 11.3 Å². The van der Waals surface area contributed by atoms with Crippen molar-refractivity contribution in [3.63, 3.8) is 0 Å². The first-order valence-corrected chi connectivity index (χ1v) is 10.7. The number of ether oxygens (including phenoxy) is 1. The molecule has 0 saturated heterocycles. The molecule has 2 aromatic carbocycles. The number of carbonyl (C=O) groups excluding carboxylic acids is 2. The molecule has 0 saturated carbocycles. The monoisotopic (exact) mass is 466 g/mol. The number of carbonyl (C=O) groups is 2. The van der Waals surface area contributed by atoms with E-state index in [2.05, 4.69) is 15.7 Å². The van der Waals surface area contributed by atoms with Crippen molar-refractivity contribution < 1.29 is 24.5 Å². The topological polar surface area (TPSA) is 143 Å². The maximum Gasteiger partial charge on any atom is 0.411 e. The quantitative estimate of drug-likeness (QED) is 0.375. The Morgan fingerprint density at radius 1 is 1.12 bits per heavy atom. The summed E-state index contributed by atoms with van der Waals surface area (Å²) in [5, 5.41) is 27.8. The Labute approximate surface area is 195 Å². The number of anilines is 1. The van der Waals surface area contributed by atoms with Crippen molar-refractivity contribution in [1.29, 1.82) is 0 Å². The Kier molecular flexibility index (Phi) is 8.49. The highest BCUT2D eigenvalue weighted by Gasteiger charge is 2.10. The van der Waals surface area contributed by atoms with Crippen molar-refractivity contribution in [2.24, 2.45) is 0 Å². The summed E-state index contributed by atoms with van der Waals surface area (Å²) in [6, 6.07) is 16.7. The number of aromatic nitrogens is 2. The van der Waals surface area contributed by atoms with Gasteiger partial charge in [0.1, 0.15) is 0 Å². The molecule has 0 fully saturated rings. The summed E-state index contributed by atoms with van der Waals surface area (Å²) in [5.74, 6) is -0.381. The van der Waals surface area contributed by atoms with Gasteiger partial charge in [-0.15, -0.1) is 0 Å². The zero-order valence-corrected chi connectivity index (χ0v) is 18.6. The standard InChI is InChI=1S/C24H26N4O6/c1-2-34-24(33)26-19-5-3-4-16(12-19)14-28-22(31)11-10-21(27-28)17-6-8-18(9-7-17)23(32)25-13-20(30)15-29/h3-12,20,29-30H,2,13-15H2,1H3,(H,25,32)(H,26,33). The molecule has 0 aliphatic rings. The van der Waals surface area contributed by atoms with E-state index in [0.29, 0.717) is 22.5 Å². The summed E-state index contributed by atoms with van der Waals surface area (Å²) >= 11 is 0. The fraction of sp³-hybridized carbons (Fsp3) is 0.250. The Morgan fingerprint density at radius 3 is 2.59 bits per heavy atom. The van der Waals surface area contributed by atoms with Gasteiger partial charge in [-0.25, -0.2) is 9.48 Å². The van der Waals surface area contributed by atoms with Crippen molar-refractivity contribution >= 4 is 17.7 Å². The van der Waals surface area contributed by atoms with E-state index in [4.69, 9.17) is 9.84 Å². The van der Waals surface area contributed by atoms with Gasteiger partial charge in [-0.3, -0.25) is 14.9 Å². The number of nitrogens with one attached hydrogen (secondary N) is 2. The molecule has 1 unspecified atom stereocenters. The van der Waals surface area contributed by atoms with Gasteiger partial charge < -0.3 is 20.3 Å². The van der Waals surface area contributed by atoms with E-state index in [1.165, 1.54) is 10.7 Å². The molecule has 3 aromatic rings. The minimum absolute atomic E-state index is 0.0554. The smallest absolute Gasteiger partial charge is 0.411 e. The highest BCUT2D eigenvalue weighted by Crippen LogP contribution is 2.17. The average molecular weight is 466 g/mol. The third-order valence-electron chi connectivity index (χ3n) is 4.80. The van der Waals surface area contributed by atoms with Crippen LogP contribution in [0.25, 0.3) is 11.3 Å². The molecule has 0 radical (unpaired) electrons. The number of hydrogen-bond donors (Lipinski definition) is 4. The first kappa shape index (κ1) is 24.6. The van der Waals surface area contributed by atoms with Crippen LogP contribution < -0.4 is 16.2 Å². The highest BCUT2D eigenvalue weighted by atomic mass is 16.5. The average Bonchev–Trinajstić information content (AvgIpc) is 2.84. The number of benzene rings is 2.